The number of carboxylic acids is 1. The van der Waals surface area contributed by atoms with Gasteiger partial charge in [0, 0.05) is 5.41 Å². The second-order valence-corrected chi connectivity index (χ2v) is 6.80. The fourth-order valence-electron chi connectivity index (χ4n) is 3.42. The number of carboxylic acid groups (broad SMARTS) is 1. The predicted octanol–water partition coefficient (Wildman–Crippen LogP) is 1.85. The molecule has 2 rings (SSSR count). The highest BCUT2D eigenvalue weighted by atomic mass is 16.5. The number of likely N-dealkylation sites (tertiary alicyclic amines) is 1. The predicted molar refractivity (Wildman–Crippen MR) is 69.5 cm³/mol. The third-order valence-electron chi connectivity index (χ3n) is 4.74. The molecule has 4 nitrogen and oxygen atoms in total. The fraction of sp³-hybridized carbons (Fsp3) is 0.929. The van der Waals surface area contributed by atoms with Crippen molar-refractivity contribution in [2.75, 3.05) is 33.4 Å². The molecule has 104 valence electrons. The molecule has 2 fully saturated rings. The van der Waals surface area contributed by atoms with E-state index in [2.05, 4.69) is 11.9 Å². The molecule has 0 aromatic heterocycles. The number of aliphatic carboxylic acids is 1. The van der Waals surface area contributed by atoms with Crippen molar-refractivity contribution in [3.8, 4) is 0 Å². The number of ether oxygens (including phenoxy) is 1. The molecule has 2 saturated heterocycles. The van der Waals surface area contributed by atoms with Crippen molar-refractivity contribution in [1.82, 2.24) is 4.90 Å². The molecular formula is C14H25NO3. The molecule has 0 aliphatic carbocycles. The molecular weight excluding hydrogens is 230 g/mol. The van der Waals surface area contributed by atoms with E-state index < -0.39 is 11.4 Å². The van der Waals surface area contributed by atoms with Crippen molar-refractivity contribution in [3.63, 3.8) is 0 Å². The third-order valence-corrected chi connectivity index (χ3v) is 4.74. The van der Waals surface area contributed by atoms with Crippen molar-refractivity contribution in [2.45, 2.75) is 33.1 Å². The number of carbonyl (C=O) groups is 1. The summed E-state index contributed by atoms with van der Waals surface area (Å²) in [5.41, 5.74) is -0.531. The quantitative estimate of drug-likeness (QED) is 0.833. The smallest absolute Gasteiger partial charge is 0.309 e. The lowest BCUT2D eigenvalue weighted by atomic mass is 9.62. The molecule has 0 unspecified atom stereocenters. The molecule has 0 radical (unpaired) electrons. The van der Waals surface area contributed by atoms with Crippen LogP contribution in [0.5, 0.6) is 0 Å². The zero-order chi connectivity index (χ0) is 13.4. The normalized spacial score (nSPS) is 25.7. The van der Waals surface area contributed by atoms with Crippen LogP contribution in [0.25, 0.3) is 0 Å². The van der Waals surface area contributed by atoms with Gasteiger partial charge in [0.1, 0.15) is 0 Å². The highest BCUT2D eigenvalue weighted by Gasteiger charge is 2.50. The van der Waals surface area contributed by atoms with Gasteiger partial charge in [0.15, 0.2) is 0 Å². The van der Waals surface area contributed by atoms with Crippen molar-refractivity contribution >= 4 is 5.97 Å². The average Bonchev–Trinajstić information content (AvgIpc) is 2.25. The zero-order valence-electron chi connectivity index (χ0n) is 11.7. The maximum Gasteiger partial charge on any atom is 0.309 e. The first-order valence-corrected chi connectivity index (χ1v) is 6.85. The monoisotopic (exact) mass is 255 g/mol. The van der Waals surface area contributed by atoms with Crippen LogP contribution in [0, 0.1) is 16.7 Å². The van der Waals surface area contributed by atoms with Crippen molar-refractivity contribution in [1.29, 1.82) is 0 Å². The summed E-state index contributed by atoms with van der Waals surface area (Å²) in [6.07, 6.45) is 3.09. The Hall–Kier alpha value is -0.610. The first-order chi connectivity index (χ1) is 8.36. The van der Waals surface area contributed by atoms with E-state index >= 15 is 0 Å². The number of hydrogen-bond acceptors (Lipinski definition) is 3. The van der Waals surface area contributed by atoms with Crippen LogP contribution in [-0.2, 0) is 9.53 Å². The van der Waals surface area contributed by atoms with Gasteiger partial charge in [-0.25, -0.2) is 0 Å². The number of nitrogens with zero attached hydrogens (tertiary/aromatic N) is 1. The van der Waals surface area contributed by atoms with Crippen LogP contribution >= 0.6 is 0 Å². The second kappa shape index (κ2) is 4.82. The van der Waals surface area contributed by atoms with Gasteiger partial charge in [-0.3, -0.25) is 4.79 Å². The molecule has 1 N–H and O–H groups in total. The van der Waals surface area contributed by atoms with Crippen LogP contribution in [-0.4, -0.2) is 49.3 Å². The standard InChI is InChI=1S/C14H25NO3/c1-13(2,12(16)17)8-14(9-18-10-14)11-4-6-15(3)7-5-11/h11H,4-10H2,1-3H3,(H,16,17). The number of piperidine rings is 1. The zero-order valence-corrected chi connectivity index (χ0v) is 11.7. The van der Waals surface area contributed by atoms with Crippen LogP contribution < -0.4 is 0 Å². The van der Waals surface area contributed by atoms with E-state index in [1.54, 1.807) is 0 Å². The Balaban J connectivity index is 2.04. The van der Waals surface area contributed by atoms with Gasteiger partial charge in [0.2, 0.25) is 0 Å². The van der Waals surface area contributed by atoms with E-state index in [9.17, 15) is 9.90 Å². The third kappa shape index (κ3) is 2.54. The second-order valence-electron chi connectivity index (χ2n) is 6.80. The van der Waals surface area contributed by atoms with Gasteiger partial charge in [0.25, 0.3) is 0 Å². The van der Waals surface area contributed by atoms with Gasteiger partial charge in [0.05, 0.1) is 18.6 Å². The summed E-state index contributed by atoms with van der Waals surface area (Å²) >= 11 is 0. The number of hydrogen-bond donors (Lipinski definition) is 1. The maximum atomic E-state index is 11.3. The van der Waals surface area contributed by atoms with Crippen LogP contribution in [0.15, 0.2) is 0 Å². The fourth-order valence-corrected chi connectivity index (χ4v) is 3.42. The largest absolute Gasteiger partial charge is 0.481 e. The SMILES string of the molecule is CN1CCC(C2(CC(C)(C)C(=O)O)COC2)CC1. The van der Waals surface area contributed by atoms with E-state index in [-0.39, 0.29) is 5.41 Å². The lowest BCUT2D eigenvalue weighted by Crippen LogP contribution is -2.54. The van der Waals surface area contributed by atoms with Gasteiger partial charge in [-0.15, -0.1) is 0 Å². The lowest BCUT2D eigenvalue weighted by Gasteiger charge is -2.52. The van der Waals surface area contributed by atoms with Gasteiger partial charge in [-0.1, -0.05) is 0 Å². The summed E-state index contributed by atoms with van der Waals surface area (Å²) in [5, 5.41) is 9.32. The highest BCUT2D eigenvalue weighted by Crippen LogP contribution is 2.48. The molecule has 2 aliphatic heterocycles. The molecule has 0 atom stereocenters. The van der Waals surface area contributed by atoms with Crippen molar-refractivity contribution in [3.05, 3.63) is 0 Å². The van der Waals surface area contributed by atoms with Crippen LogP contribution in [0.1, 0.15) is 33.1 Å². The molecule has 4 heteroatoms. The van der Waals surface area contributed by atoms with Gasteiger partial charge in [-0.05, 0) is 59.2 Å². The van der Waals surface area contributed by atoms with Crippen LogP contribution in [0.4, 0.5) is 0 Å². The molecule has 0 amide bonds. The molecule has 2 aliphatic rings. The first kappa shape index (κ1) is 13.8. The Morgan fingerprint density at radius 3 is 2.33 bits per heavy atom. The minimum Gasteiger partial charge on any atom is -0.481 e. The molecule has 0 bridgehead atoms. The lowest BCUT2D eigenvalue weighted by molar-refractivity contribution is -0.181. The summed E-state index contributed by atoms with van der Waals surface area (Å²) in [7, 11) is 2.15. The Morgan fingerprint density at radius 1 is 1.39 bits per heavy atom. The van der Waals surface area contributed by atoms with Crippen LogP contribution in [0.2, 0.25) is 0 Å². The minimum atomic E-state index is -0.693. The van der Waals surface area contributed by atoms with Crippen LogP contribution in [0.3, 0.4) is 0 Å². The summed E-state index contributed by atoms with van der Waals surface area (Å²) < 4.78 is 5.44. The van der Waals surface area contributed by atoms with Gasteiger partial charge >= 0.3 is 5.97 Å². The Bertz CT molecular complexity index is 315. The molecule has 18 heavy (non-hydrogen) atoms. The van der Waals surface area contributed by atoms with E-state index in [0.717, 1.165) is 32.7 Å². The maximum absolute atomic E-state index is 11.3. The molecule has 0 aromatic carbocycles. The molecule has 2 heterocycles. The van der Waals surface area contributed by atoms with Crippen molar-refractivity contribution < 1.29 is 14.6 Å². The average molecular weight is 255 g/mol. The molecule has 0 aromatic rings. The van der Waals surface area contributed by atoms with Gasteiger partial charge in [-0.2, -0.15) is 0 Å². The Morgan fingerprint density at radius 2 is 1.94 bits per heavy atom. The topological polar surface area (TPSA) is 49.8 Å². The van der Waals surface area contributed by atoms with E-state index in [4.69, 9.17) is 4.74 Å². The number of rotatable bonds is 4. The van der Waals surface area contributed by atoms with E-state index in [0.29, 0.717) is 5.92 Å². The summed E-state index contributed by atoms with van der Waals surface area (Å²) in [6, 6.07) is 0. The molecule has 0 spiro atoms. The molecule has 0 saturated carbocycles. The van der Waals surface area contributed by atoms with Crippen molar-refractivity contribution in [2.24, 2.45) is 16.7 Å². The summed E-state index contributed by atoms with van der Waals surface area (Å²) in [6.45, 7) is 7.42. The Kier molecular flexibility index (Phi) is 3.70. The highest BCUT2D eigenvalue weighted by molar-refractivity contribution is 5.73. The van der Waals surface area contributed by atoms with E-state index in [1.165, 1.54) is 12.8 Å². The minimum absolute atomic E-state index is 0.114. The van der Waals surface area contributed by atoms with Gasteiger partial charge < -0.3 is 14.7 Å². The Labute approximate surface area is 109 Å². The first-order valence-electron chi connectivity index (χ1n) is 6.85. The summed E-state index contributed by atoms with van der Waals surface area (Å²) in [4.78, 5) is 13.7. The summed E-state index contributed by atoms with van der Waals surface area (Å²) in [5.74, 6) is -0.0669. The van der Waals surface area contributed by atoms with E-state index in [1.807, 2.05) is 13.8 Å².